The summed E-state index contributed by atoms with van der Waals surface area (Å²) < 4.78 is 13.1. The van der Waals surface area contributed by atoms with Crippen LogP contribution in [0.3, 0.4) is 0 Å². The van der Waals surface area contributed by atoms with Gasteiger partial charge >= 0.3 is 5.97 Å². The highest BCUT2D eigenvalue weighted by Crippen LogP contribution is 2.31. The third-order valence-corrected chi connectivity index (χ3v) is 7.08. The highest BCUT2D eigenvalue weighted by Gasteiger charge is 2.33. The summed E-state index contributed by atoms with van der Waals surface area (Å²) in [5.74, 6) is 0.260. The molecule has 188 valence electrons. The van der Waals surface area contributed by atoms with Crippen LogP contribution in [0.5, 0.6) is 5.75 Å². The highest BCUT2D eigenvalue weighted by molar-refractivity contribution is 7.07. The Morgan fingerprint density at radius 2 is 1.72 bits per heavy atom. The summed E-state index contributed by atoms with van der Waals surface area (Å²) in [6.45, 7) is 12.8. The maximum Gasteiger partial charge on any atom is 0.338 e. The van der Waals surface area contributed by atoms with E-state index >= 15 is 0 Å². The average Bonchev–Trinajstić information content (AvgIpc) is 3.13. The molecule has 0 unspecified atom stereocenters. The Bertz CT molecular complexity index is 1470. The third-order valence-electron chi connectivity index (χ3n) is 6.10. The second-order valence-corrected chi connectivity index (χ2v) is 10.7. The molecule has 4 rings (SSSR count). The van der Waals surface area contributed by atoms with Crippen molar-refractivity contribution in [3.8, 4) is 5.75 Å². The molecular weight excluding hydrogens is 472 g/mol. The number of hydrogen-bond acceptors (Lipinski definition) is 6. The first-order valence-corrected chi connectivity index (χ1v) is 13.0. The van der Waals surface area contributed by atoms with Gasteiger partial charge in [0, 0.05) is 0 Å². The normalized spacial score (nSPS) is 15.9. The van der Waals surface area contributed by atoms with Crippen LogP contribution in [0.1, 0.15) is 64.3 Å². The van der Waals surface area contributed by atoms with Crippen molar-refractivity contribution in [1.82, 2.24) is 4.57 Å². The molecule has 0 amide bonds. The monoisotopic (exact) mass is 504 g/mol. The van der Waals surface area contributed by atoms with E-state index in [4.69, 9.17) is 9.47 Å². The molecule has 3 aromatic rings. The van der Waals surface area contributed by atoms with E-state index in [1.54, 1.807) is 18.4 Å². The topological polar surface area (TPSA) is 69.9 Å². The lowest BCUT2D eigenvalue weighted by atomic mass is 9.87. The zero-order valence-electron chi connectivity index (χ0n) is 21.6. The van der Waals surface area contributed by atoms with Gasteiger partial charge in [0.25, 0.3) is 5.56 Å². The van der Waals surface area contributed by atoms with Crippen molar-refractivity contribution >= 4 is 23.4 Å². The van der Waals surface area contributed by atoms with E-state index in [0.29, 0.717) is 27.2 Å². The number of aromatic nitrogens is 1. The second kappa shape index (κ2) is 10.3. The molecule has 1 aromatic heterocycles. The Labute approximate surface area is 215 Å². The Balaban J connectivity index is 1.86. The zero-order valence-corrected chi connectivity index (χ0v) is 22.4. The van der Waals surface area contributed by atoms with Crippen molar-refractivity contribution in [1.29, 1.82) is 0 Å². The fourth-order valence-corrected chi connectivity index (χ4v) is 5.30. The molecule has 1 atom stereocenters. The lowest BCUT2D eigenvalue weighted by Crippen LogP contribution is -2.39. The summed E-state index contributed by atoms with van der Waals surface area (Å²) in [7, 11) is 0. The van der Waals surface area contributed by atoms with E-state index in [-0.39, 0.29) is 17.6 Å². The van der Waals surface area contributed by atoms with Crippen LogP contribution >= 0.6 is 11.3 Å². The summed E-state index contributed by atoms with van der Waals surface area (Å²) in [6.07, 6.45) is 1.88. The minimum atomic E-state index is -0.638. The predicted octanol–water partition coefficient (Wildman–Crippen LogP) is 4.49. The minimum Gasteiger partial charge on any atom is -0.494 e. The third kappa shape index (κ3) is 5.07. The molecule has 36 heavy (non-hydrogen) atoms. The molecule has 0 radical (unpaired) electrons. The van der Waals surface area contributed by atoms with E-state index in [2.05, 4.69) is 37.9 Å². The smallest absolute Gasteiger partial charge is 0.338 e. The minimum absolute atomic E-state index is 0.0522. The maximum absolute atomic E-state index is 13.7. The number of rotatable bonds is 6. The van der Waals surface area contributed by atoms with Gasteiger partial charge in [0.1, 0.15) is 5.75 Å². The standard InChI is InChI=1S/C29H32N2O4S/c1-7-34-22-15-11-20(12-16-22)25-24(27(33)35-8-2)18(3)30-28-31(25)26(32)23(36-28)17-19-9-13-21(14-10-19)29(4,5)6/h9-17,25H,7-8H2,1-6H3/b23-17-/t25-/m1/s1. The molecule has 2 heterocycles. The first-order chi connectivity index (χ1) is 17.1. The van der Waals surface area contributed by atoms with Gasteiger partial charge in [-0.3, -0.25) is 9.36 Å². The number of allylic oxidation sites excluding steroid dienone is 1. The predicted molar refractivity (Wildman–Crippen MR) is 143 cm³/mol. The number of carbonyl (C=O) groups excluding carboxylic acids is 1. The van der Waals surface area contributed by atoms with Crippen LogP contribution in [-0.4, -0.2) is 23.8 Å². The van der Waals surface area contributed by atoms with Crippen molar-refractivity contribution in [2.24, 2.45) is 4.99 Å². The number of ether oxygens (including phenoxy) is 2. The molecule has 1 aliphatic rings. The van der Waals surface area contributed by atoms with E-state index in [9.17, 15) is 9.59 Å². The van der Waals surface area contributed by atoms with Gasteiger partial charge in [0.05, 0.1) is 35.1 Å². The maximum atomic E-state index is 13.7. The van der Waals surface area contributed by atoms with Gasteiger partial charge in [0.2, 0.25) is 0 Å². The average molecular weight is 505 g/mol. The first kappa shape index (κ1) is 25.6. The van der Waals surface area contributed by atoms with Crippen molar-refractivity contribution in [2.75, 3.05) is 13.2 Å². The molecule has 1 aliphatic heterocycles. The lowest BCUT2D eigenvalue weighted by molar-refractivity contribution is -0.139. The molecule has 0 saturated carbocycles. The van der Waals surface area contributed by atoms with Crippen molar-refractivity contribution in [3.05, 3.63) is 96.2 Å². The van der Waals surface area contributed by atoms with Crippen molar-refractivity contribution in [2.45, 2.75) is 53.0 Å². The molecule has 0 aliphatic carbocycles. The molecule has 0 fully saturated rings. The van der Waals surface area contributed by atoms with Crippen LogP contribution in [-0.2, 0) is 14.9 Å². The molecular formula is C29H32N2O4S. The Kier molecular flexibility index (Phi) is 7.31. The first-order valence-electron chi connectivity index (χ1n) is 12.2. The number of esters is 1. The molecule has 0 bridgehead atoms. The lowest BCUT2D eigenvalue weighted by Gasteiger charge is -2.24. The van der Waals surface area contributed by atoms with Crippen molar-refractivity contribution < 1.29 is 14.3 Å². The summed E-state index contributed by atoms with van der Waals surface area (Å²) in [5, 5.41) is 0. The van der Waals surface area contributed by atoms with Gasteiger partial charge in [-0.25, -0.2) is 9.79 Å². The summed E-state index contributed by atoms with van der Waals surface area (Å²) >= 11 is 1.32. The summed E-state index contributed by atoms with van der Waals surface area (Å²) in [4.78, 5) is 31.9. The Hall–Kier alpha value is -3.45. The largest absolute Gasteiger partial charge is 0.494 e. The van der Waals surface area contributed by atoms with Crippen LogP contribution in [0, 0.1) is 0 Å². The SMILES string of the molecule is CCOC(=O)C1=C(C)N=c2s/c(=C\c3ccc(C(C)(C)C)cc3)c(=O)n2[C@@H]1c1ccc(OCC)cc1. The molecule has 0 spiro atoms. The number of thiazole rings is 1. The van der Waals surface area contributed by atoms with E-state index < -0.39 is 12.0 Å². The molecule has 7 heteroatoms. The summed E-state index contributed by atoms with van der Waals surface area (Å²) in [6, 6.07) is 15.1. The second-order valence-electron chi connectivity index (χ2n) is 9.68. The molecule has 2 aromatic carbocycles. The fraction of sp³-hybridized carbons (Fsp3) is 0.345. The van der Waals surface area contributed by atoms with Gasteiger partial charge in [-0.1, -0.05) is 68.5 Å². The van der Waals surface area contributed by atoms with Crippen molar-refractivity contribution in [3.63, 3.8) is 0 Å². The number of carbonyl (C=O) groups is 1. The zero-order chi connectivity index (χ0) is 26.0. The van der Waals surface area contributed by atoms with Crippen LogP contribution in [0.15, 0.2) is 69.6 Å². The van der Waals surface area contributed by atoms with Crippen LogP contribution in [0.4, 0.5) is 0 Å². The number of fused-ring (bicyclic) bond motifs is 1. The van der Waals surface area contributed by atoms with Gasteiger partial charge in [-0.15, -0.1) is 0 Å². The highest BCUT2D eigenvalue weighted by atomic mass is 32.1. The van der Waals surface area contributed by atoms with Crippen LogP contribution < -0.4 is 19.6 Å². The van der Waals surface area contributed by atoms with E-state index in [1.165, 1.54) is 16.9 Å². The number of nitrogens with zero attached hydrogens (tertiary/aromatic N) is 2. The fourth-order valence-electron chi connectivity index (χ4n) is 4.25. The van der Waals surface area contributed by atoms with Gasteiger partial charge in [-0.2, -0.15) is 0 Å². The van der Waals surface area contributed by atoms with Crippen LogP contribution in [0.2, 0.25) is 0 Å². The number of hydrogen-bond donors (Lipinski definition) is 0. The van der Waals surface area contributed by atoms with Gasteiger partial charge in [-0.05, 0) is 61.1 Å². The van der Waals surface area contributed by atoms with Gasteiger partial charge in [0.15, 0.2) is 4.80 Å². The van der Waals surface area contributed by atoms with E-state index in [0.717, 1.165) is 16.9 Å². The molecule has 0 N–H and O–H groups in total. The van der Waals surface area contributed by atoms with E-state index in [1.807, 2.05) is 49.4 Å². The number of benzene rings is 2. The van der Waals surface area contributed by atoms with Gasteiger partial charge < -0.3 is 9.47 Å². The molecule has 6 nitrogen and oxygen atoms in total. The van der Waals surface area contributed by atoms with Crippen LogP contribution in [0.25, 0.3) is 6.08 Å². The quantitative estimate of drug-likeness (QED) is 0.464. The molecule has 0 saturated heterocycles. The Morgan fingerprint density at radius 1 is 1.06 bits per heavy atom. The summed E-state index contributed by atoms with van der Waals surface area (Å²) in [5.41, 5.74) is 3.74. The Morgan fingerprint density at radius 3 is 2.31 bits per heavy atom.